The van der Waals surface area contributed by atoms with Gasteiger partial charge in [0, 0.05) is 35.2 Å². The van der Waals surface area contributed by atoms with Gasteiger partial charge in [-0.1, -0.05) is 53.5 Å². The van der Waals surface area contributed by atoms with Gasteiger partial charge < -0.3 is 14.0 Å². The lowest BCUT2D eigenvalue weighted by Crippen LogP contribution is -2.39. The third kappa shape index (κ3) is 6.96. The maximum absolute atomic E-state index is 13.7. The van der Waals surface area contributed by atoms with E-state index in [9.17, 15) is 13.2 Å². The molecule has 4 aromatic rings. The largest absolute Gasteiger partial charge is 0.493 e. The molecule has 0 aliphatic carbocycles. The molecule has 1 heterocycles. The Labute approximate surface area is 255 Å². The van der Waals surface area contributed by atoms with E-state index in [2.05, 4.69) is 10.5 Å². The predicted octanol–water partition coefficient (Wildman–Crippen LogP) is 5.76. The number of sulfonamides is 1. The van der Waals surface area contributed by atoms with Crippen LogP contribution in [0.2, 0.25) is 10.0 Å². The van der Waals surface area contributed by atoms with Crippen LogP contribution >= 0.6 is 23.2 Å². The molecule has 0 spiro atoms. The van der Waals surface area contributed by atoms with Crippen LogP contribution in [-0.2, 0) is 21.4 Å². The van der Waals surface area contributed by atoms with Crippen LogP contribution in [0, 0.1) is 13.8 Å². The summed E-state index contributed by atoms with van der Waals surface area (Å²) in [4.78, 5) is 12.9. The molecular weight excluding hydrogens is 599 g/mol. The van der Waals surface area contributed by atoms with Crippen molar-refractivity contribution in [3.05, 3.63) is 105 Å². The highest BCUT2D eigenvalue weighted by molar-refractivity contribution is 7.89. The lowest BCUT2D eigenvalue weighted by Gasteiger charge is -2.22. The number of benzene rings is 3. The molecule has 0 radical (unpaired) electrons. The van der Waals surface area contributed by atoms with E-state index in [1.165, 1.54) is 38.6 Å². The van der Waals surface area contributed by atoms with Crippen LogP contribution < -0.4 is 14.9 Å². The maximum atomic E-state index is 13.7. The van der Waals surface area contributed by atoms with Crippen molar-refractivity contribution in [2.75, 3.05) is 20.8 Å². The van der Waals surface area contributed by atoms with Gasteiger partial charge in [-0.3, -0.25) is 4.79 Å². The number of hydrogen-bond donors (Lipinski definition) is 1. The fraction of sp³-hybridized carbons (Fsp3) is 0.200. The summed E-state index contributed by atoms with van der Waals surface area (Å²) in [6.07, 6.45) is 1.51. The number of aryl methyl sites for hydroxylation is 1. The monoisotopic (exact) mass is 628 g/mol. The molecule has 1 N–H and O–H groups in total. The summed E-state index contributed by atoms with van der Waals surface area (Å²) in [5.74, 6) is 0.0342. The number of aromatic nitrogens is 1. The molecule has 0 saturated carbocycles. The zero-order valence-electron chi connectivity index (χ0n) is 23.5. The molecule has 9 nitrogen and oxygen atoms in total. The van der Waals surface area contributed by atoms with Crippen molar-refractivity contribution in [2.45, 2.75) is 25.3 Å². The third-order valence-corrected chi connectivity index (χ3v) is 9.07. The van der Waals surface area contributed by atoms with Crippen molar-refractivity contribution >= 4 is 45.3 Å². The fourth-order valence-corrected chi connectivity index (χ4v) is 6.14. The quantitative estimate of drug-likeness (QED) is 0.168. The molecule has 4 rings (SSSR count). The van der Waals surface area contributed by atoms with Crippen molar-refractivity contribution in [3.8, 4) is 17.2 Å². The van der Waals surface area contributed by atoms with Gasteiger partial charge in [0.15, 0.2) is 11.5 Å². The molecule has 0 aliphatic rings. The Hall–Kier alpha value is -3.83. The molecule has 0 bridgehead atoms. The van der Waals surface area contributed by atoms with E-state index in [1.54, 1.807) is 36.4 Å². The molecule has 12 heteroatoms. The summed E-state index contributed by atoms with van der Waals surface area (Å²) in [6, 6.07) is 20.6. The standard InChI is InChI=1S/C30H30Cl2N4O5S/c1-20-14-23(21(2)36(20)24-10-12-26(31)27(32)15-24)17-33-34-30(37)19-35(18-22-8-6-5-7-9-22)42(38,39)25-11-13-28(40-3)29(16-25)41-4/h5-17H,18-19H2,1-4H3,(H,34,37)/b33-17+. The minimum absolute atomic E-state index is 0.0283. The highest BCUT2D eigenvalue weighted by Gasteiger charge is 2.28. The SMILES string of the molecule is COc1ccc(S(=O)(=O)N(CC(=O)N/N=C/c2cc(C)n(-c3ccc(Cl)c(Cl)c3)c2C)Cc2ccccc2)cc1OC. The van der Waals surface area contributed by atoms with Crippen molar-refractivity contribution in [3.63, 3.8) is 0 Å². The van der Waals surface area contributed by atoms with Crippen LogP contribution in [0.3, 0.4) is 0 Å². The van der Waals surface area contributed by atoms with E-state index in [1.807, 2.05) is 36.6 Å². The summed E-state index contributed by atoms with van der Waals surface area (Å²) < 4.78 is 41.0. The number of ether oxygens (including phenoxy) is 2. The lowest BCUT2D eigenvalue weighted by molar-refractivity contribution is -0.121. The first-order valence-corrected chi connectivity index (χ1v) is 15.0. The lowest BCUT2D eigenvalue weighted by atomic mass is 10.2. The number of rotatable bonds is 11. The van der Waals surface area contributed by atoms with Gasteiger partial charge in [0.05, 0.1) is 41.9 Å². The molecule has 0 atom stereocenters. The zero-order valence-corrected chi connectivity index (χ0v) is 25.8. The molecular formula is C30H30Cl2N4O5S. The number of carbonyl (C=O) groups excluding carboxylic acids is 1. The Balaban J connectivity index is 1.55. The number of halogens is 2. The normalized spacial score (nSPS) is 11.7. The van der Waals surface area contributed by atoms with E-state index in [0.717, 1.165) is 26.9 Å². The smallest absolute Gasteiger partial charge is 0.255 e. The van der Waals surface area contributed by atoms with Crippen LogP contribution in [0.25, 0.3) is 5.69 Å². The molecule has 3 aromatic carbocycles. The van der Waals surface area contributed by atoms with Crippen LogP contribution in [0.1, 0.15) is 22.5 Å². The first-order valence-electron chi connectivity index (χ1n) is 12.8. The topological polar surface area (TPSA) is 102 Å². The third-order valence-electron chi connectivity index (χ3n) is 6.54. The predicted molar refractivity (Wildman–Crippen MR) is 165 cm³/mol. The van der Waals surface area contributed by atoms with Crippen molar-refractivity contribution in [1.29, 1.82) is 0 Å². The van der Waals surface area contributed by atoms with E-state index in [4.69, 9.17) is 32.7 Å². The minimum atomic E-state index is -4.11. The summed E-state index contributed by atoms with van der Waals surface area (Å²) in [6.45, 7) is 3.35. The van der Waals surface area contributed by atoms with Crippen molar-refractivity contribution in [1.82, 2.24) is 14.3 Å². The Morgan fingerprint density at radius 1 is 0.952 bits per heavy atom. The molecule has 0 saturated heterocycles. The van der Waals surface area contributed by atoms with E-state index >= 15 is 0 Å². The average molecular weight is 630 g/mol. The van der Waals surface area contributed by atoms with Gasteiger partial charge in [0.1, 0.15) is 0 Å². The Kier molecular flexibility index (Phi) is 9.95. The van der Waals surface area contributed by atoms with Gasteiger partial charge in [0.25, 0.3) is 5.91 Å². The second-order valence-corrected chi connectivity index (χ2v) is 12.1. The molecule has 0 aliphatic heterocycles. The number of methoxy groups -OCH3 is 2. The van der Waals surface area contributed by atoms with Gasteiger partial charge in [-0.05, 0) is 55.8 Å². The van der Waals surface area contributed by atoms with Crippen LogP contribution in [0.5, 0.6) is 11.5 Å². The second-order valence-electron chi connectivity index (χ2n) is 9.33. The summed E-state index contributed by atoms with van der Waals surface area (Å²) in [7, 11) is -1.23. The first-order chi connectivity index (χ1) is 20.0. The van der Waals surface area contributed by atoms with Gasteiger partial charge in [0.2, 0.25) is 10.0 Å². The Morgan fingerprint density at radius 3 is 2.33 bits per heavy atom. The maximum Gasteiger partial charge on any atom is 0.255 e. The van der Waals surface area contributed by atoms with Crippen LogP contribution in [0.15, 0.2) is 82.8 Å². The van der Waals surface area contributed by atoms with Crippen molar-refractivity contribution in [2.24, 2.45) is 5.10 Å². The average Bonchev–Trinajstić information content (AvgIpc) is 3.26. The number of nitrogens with zero attached hydrogens (tertiary/aromatic N) is 3. The Morgan fingerprint density at radius 2 is 1.67 bits per heavy atom. The molecule has 220 valence electrons. The van der Waals surface area contributed by atoms with Crippen LogP contribution in [0.4, 0.5) is 0 Å². The number of hydrazone groups is 1. The fourth-order valence-electron chi connectivity index (χ4n) is 4.45. The van der Waals surface area contributed by atoms with Crippen LogP contribution in [-0.4, -0.2) is 50.2 Å². The Bertz CT molecular complexity index is 1720. The van der Waals surface area contributed by atoms with E-state index in [-0.39, 0.29) is 17.2 Å². The number of amides is 1. The zero-order chi connectivity index (χ0) is 30.4. The molecule has 1 aromatic heterocycles. The molecule has 42 heavy (non-hydrogen) atoms. The molecule has 0 fully saturated rings. The van der Waals surface area contributed by atoms with Gasteiger partial charge >= 0.3 is 0 Å². The van der Waals surface area contributed by atoms with E-state index < -0.39 is 22.5 Å². The van der Waals surface area contributed by atoms with Gasteiger partial charge in [-0.2, -0.15) is 9.41 Å². The number of nitrogens with one attached hydrogen (secondary N) is 1. The highest BCUT2D eigenvalue weighted by Crippen LogP contribution is 2.31. The molecule has 1 amide bonds. The number of carbonyl (C=O) groups is 1. The minimum Gasteiger partial charge on any atom is -0.493 e. The van der Waals surface area contributed by atoms with Gasteiger partial charge in [-0.25, -0.2) is 13.8 Å². The summed E-state index contributed by atoms with van der Waals surface area (Å²) in [5.41, 5.74) is 6.56. The number of hydrogen-bond acceptors (Lipinski definition) is 6. The summed E-state index contributed by atoms with van der Waals surface area (Å²) >= 11 is 12.3. The van der Waals surface area contributed by atoms with Crippen molar-refractivity contribution < 1.29 is 22.7 Å². The highest BCUT2D eigenvalue weighted by atomic mass is 35.5. The van der Waals surface area contributed by atoms with Gasteiger partial charge in [-0.15, -0.1) is 0 Å². The summed E-state index contributed by atoms with van der Waals surface area (Å²) in [5, 5.41) is 5.00. The second kappa shape index (κ2) is 13.4. The van der Waals surface area contributed by atoms with E-state index in [0.29, 0.717) is 21.4 Å². The molecule has 0 unspecified atom stereocenters. The first kappa shape index (κ1) is 31.1.